The topological polar surface area (TPSA) is 58.0 Å². The van der Waals surface area contributed by atoms with Crippen molar-refractivity contribution in [1.82, 2.24) is 19.9 Å². The second kappa shape index (κ2) is 9.64. The molecule has 1 aliphatic carbocycles. The minimum absolute atomic E-state index is 0.870. The normalized spacial score (nSPS) is 18.8. The molecular formula is C24H30N6S. The second-order valence-corrected chi connectivity index (χ2v) is 9.17. The number of benzene rings is 1. The predicted octanol–water partition coefficient (Wildman–Crippen LogP) is 4.43. The summed E-state index contributed by atoms with van der Waals surface area (Å²) in [5.41, 5.74) is 3.22. The van der Waals surface area contributed by atoms with E-state index in [0.29, 0.717) is 0 Å². The first kappa shape index (κ1) is 21.6. The van der Waals surface area contributed by atoms with Crippen LogP contribution in [0.25, 0.3) is 11.3 Å². The molecule has 31 heavy (non-hydrogen) atoms. The molecule has 7 heteroatoms. The van der Waals surface area contributed by atoms with Crippen LogP contribution in [0.2, 0.25) is 0 Å². The molecule has 2 aromatic heterocycles. The molecule has 2 unspecified atom stereocenters. The smallest absolute Gasteiger partial charge is 0.225 e. The zero-order chi connectivity index (χ0) is 21.8. The number of anilines is 2. The van der Waals surface area contributed by atoms with Gasteiger partial charge in [0.1, 0.15) is 5.82 Å². The zero-order valence-electron chi connectivity index (χ0n) is 18.7. The van der Waals surface area contributed by atoms with Gasteiger partial charge in [0, 0.05) is 50.0 Å². The van der Waals surface area contributed by atoms with Crippen molar-refractivity contribution in [2.45, 2.75) is 24.7 Å². The number of hydrogen-bond acceptors (Lipinski definition) is 7. The predicted molar refractivity (Wildman–Crippen MR) is 129 cm³/mol. The molecule has 0 radical (unpaired) electrons. The van der Waals surface area contributed by atoms with Gasteiger partial charge in [0.15, 0.2) is 0 Å². The fourth-order valence-corrected chi connectivity index (χ4v) is 4.13. The summed E-state index contributed by atoms with van der Waals surface area (Å²) in [7, 11) is 3.91. The molecule has 3 aromatic rings. The quantitative estimate of drug-likeness (QED) is 0.551. The van der Waals surface area contributed by atoms with E-state index in [9.17, 15) is 0 Å². The van der Waals surface area contributed by atoms with Crippen molar-refractivity contribution in [2.24, 2.45) is 11.8 Å². The van der Waals surface area contributed by atoms with Crippen molar-refractivity contribution in [3.63, 3.8) is 0 Å². The number of aryl methyl sites for hydroxylation is 1. The Hall–Kier alpha value is -2.67. The fraction of sp³-hybridized carbons (Fsp3) is 0.417. The van der Waals surface area contributed by atoms with Gasteiger partial charge in [-0.25, -0.2) is 15.0 Å². The van der Waals surface area contributed by atoms with Gasteiger partial charge in [-0.3, -0.25) is 4.98 Å². The number of aromatic nitrogens is 4. The molecule has 1 aliphatic heterocycles. The number of nitrogens with zero attached hydrogens (tertiary/aromatic N) is 6. The molecule has 2 fully saturated rings. The monoisotopic (exact) mass is 434 g/mol. The third-order valence-electron chi connectivity index (χ3n) is 5.84. The van der Waals surface area contributed by atoms with Gasteiger partial charge in [0.05, 0.1) is 18.1 Å². The maximum absolute atomic E-state index is 4.41. The Bertz CT molecular complexity index is 962. The number of hydrogen-bond donors (Lipinski definition) is 0. The van der Waals surface area contributed by atoms with Crippen LogP contribution >= 0.6 is 11.8 Å². The summed E-state index contributed by atoms with van der Waals surface area (Å²) in [6.45, 7) is 4.48. The Kier molecular flexibility index (Phi) is 6.70. The molecule has 6 nitrogen and oxygen atoms in total. The fourth-order valence-electron chi connectivity index (χ4n) is 3.72. The van der Waals surface area contributed by atoms with Gasteiger partial charge in [0.2, 0.25) is 5.95 Å². The van der Waals surface area contributed by atoms with E-state index in [4.69, 9.17) is 0 Å². The van der Waals surface area contributed by atoms with Gasteiger partial charge < -0.3 is 9.80 Å². The van der Waals surface area contributed by atoms with Crippen molar-refractivity contribution in [3.05, 3.63) is 54.6 Å². The third kappa shape index (κ3) is 5.34. The summed E-state index contributed by atoms with van der Waals surface area (Å²) >= 11 is 1.74. The van der Waals surface area contributed by atoms with Crippen molar-refractivity contribution in [1.29, 1.82) is 0 Å². The standard InChI is InChI=1S/C13H15N3S.C11H15N3/c1-16(2)13-9-14-12(8-15-13)10-4-6-11(17-3)7-5-10;1-2-8-4-12-11(13-5-8)14-6-9-3-10(9)7-14/h4-9H,1-3H3;4-5,9-10H,2-3,6-7H2,1H3. The summed E-state index contributed by atoms with van der Waals surface area (Å²) in [5, 5.41) is 0. The van der Waals surface area contributed by atoms with E-state index < -0.39 is 0 Å². The maximum Gasteiger partial charge on any atom is 0.225 e. The van der Waals surface area contributed by atoms with Crippen LogP contribution in [0.15, 0.2) is 53.9 Å². The van der Waals surface area contributed by atoms with Crippen LogP contribution in [-0.2, 0) is 6.42 Å². The van der Waals surface area contributed by atoms with E-state index in [-0.39, 0.29) is 0 Å². The van der Waals surface area contributed by atoms with Gasteiger partial charge >= 0.3 is 0 Å². The summed E-state index contributed by atoms with van der Waals surface area (Å²) in [4.78, 5) is 23.1. The maximum atomic E-state index is 4.41. The van der Waals surface area contributed by atoms with Gasteiger partial charge in [-0.05, 0) is 48.6 Å². The second-order valence-electron chi connectivity index (χ2n) is 8.29. The SMILES string of the molecule is CCc1cnc(N2CC3CC3C2)nc1.CSc1ccc(-c2cnc(N(C)C)cn2)cc1. The van der Waals surface area contributed by atoms with Crippen molar-refractivity contribution in [3.8, 4) is 11.3 Å². The average molecular weight is 435 g/mol. The number of fused-ring (bicyclic) bond motifs is 1. The minimum atomic E-state index is 0.870. The summed E-state index contributed by atoms with van der Waals surface area (Å²) in [5.74, 6) is 3.69. The van der Waals surface area contributed by atoms with Gasteiger partial charge in [-0.15, -0.1) is 11.8 Å². The Balaban J connectivity index is 0.000000151. The lowest BCUT2D eigenvalue weighted by Gasteiger charge is -2.17. The molecule has 0 amide bonds. The molecule has 3 heterocycles. The minimum Gasteiger partial charge on any atom is -0.361 e. The molecule has 0 N–H and O–H groups in total. The molecular weight excluding hydrogens is 404 g/mol. The highest BCUT2D eigenvalue weighted by Gasteiger charge is 2.45. The number of rotatable bonds is 5. The Morgan fingerprint density at radius 3 is 2.13 bits per heavy atom. The largest absolute Gasteiger partial charge is 0.361 e. The van der Waals surface area contributed by atoms with E-state index in [1.54, 1.807) is 18.0 Å². The lowest BCUT2D eigenvalue weighted by molar-refractivity contribution is 0.784. The summed E-state index contributed by atoms with van der Waals surface area (Å²) < 4.78 is 0. The van der Waals surface area contributed by atoms with Crippen LogP contribution in [0, 0.1) is 11.8 Å². The first-order valence-corrected chi connectivity index (χ1v) is 12.0. The highest BCUT2D eigenvalue weighted by molar-refractivity contribution is 7.98. The summed E-state index contributed by atoms with van der Waals surface area (Å²) in [6.07, 6.45) is 12.0. The van der Waals surface area contributed by atoms with Crippen LogP contribution in [0.3, 0.4) is 0 Å². The van der Waals surface area contributed by atoms with E-state index in [0.717, 1.165) is 41.3 Å². The Morgan fingerprint density at radius 1 is 0.935 bits per heavy atom. The van der Waals surface area contributed by atoms with Crippen molar-refractivity contribution in [2.75, 3.05) is 43.2 Å². The lowest BCUT2D eigenvalue weighted by Crippen LogP contribution is -2.23. The van der Waals surface area contributed by atoms with Gasteiger partial charge in [0.25, 0.3) is 0 Å². The van der Waals surface area contributed by atoms with Crippen LogP contribution < -0.4 is 9.80 Å². The third-order valence-corrected chi connectivity index (χ3v) is 6.59. The summed E-state index contributed by atoms with van der Waals surface area (Å²) in [6, 6.07) is 8.35. The highest BCUT2D eigenvalue weighted by Crippen LogP contribution is 2.45. The number of thioether (sulfide) groups is 1. The van der Waals surface area contributed by atoms with E-state index in [1.165, 1.54) is 30.0 Å². The molecule has 1 aromatic carbocycles. The molecule has 1 saturated carbocycles. The van der Waals surface area contributed by atoms with Crippen LogP contribution in [0.4, 0.5) is 11.8 Å². The molecule has 0 bridgehead atoms. The first-order chi connectivity index (χ1) is 15.1. The average Bonchev–Trinajstić information content (AvgIpc) is 3.44. The van der Waals surface area contributed by atoms with Crippen molar-refractivity contribution < 1.29 is 0 Å². The lowest BCUT2D eigenvalue weighted by atomic mass is 10.2. The van der Waals surface area contributed by atoms with Crippen LogP contribution in [0.5, 0.6) is 0 Å². The highest BCUT2D eigenvalue weighted by atomic mass is 32.2. The van der Waals surface area contributed by atoms with Crippen molar-refractivity contribution >= 4 is 23.5 Å². The van der Waals surface area contributed by atoms with E-state index in [2.05, 4.69) is 62.3 Å². The molecule has 0 spiro atoms. The van der Waals surface area contributed by atoms with Gasteiger partial charge in [-0.1, -0.05) is 19.1 Å². The zero-order valence-corrected chi connectivity index (χ0v) is 19.5. The first-order valence-electron chi connectivity index (χ1n) is 10.8. The molecule has 1 saturated heterocycles. The molecule has 2 aliphatic rings. The molecule has 5 rings (SSSR count). The van der Waals surface area contributed by atoms with E-state index >= 15 is 0 Å². The Labute approximate surface area is 189 Å². The number of piperidine rings is 1. The van der Waals surface area contributed by atoms with Gasteiger partial charge in [-0.2, -0.15) is 0 Å². The van der Waals surface area contributed by atoms with Crippen LogP contribution in [0.1, 0.15) is 18.9 Å². The van der Waals surface area contributed by atoms with Crippen LogP contribution in [-0.4, -0.2) is 53.4 Å². The molecule has 162 valence electrons. The molecule has 2 atom stereocenters. The Morgan fingerprint density at radius 2 is 1.61 bits per heavy atom. The van der Waals surface area contributed by atoms with E-state index in [1.807, 2.05) is 37.6 Å².